The highest BCUT2D eigenvalue weighted by Gasteiger charge is 2.47. The van der Waals surface area contributed by atoms with Crippen LogP contribution in [0.2, 0.25) is 0 Å². The van der Waals surface area contributed by atoms with E-state index in [0.29, 0.717) is 37.2 Å². The Labute approximate surface area is 257 Å². The SMILES string of the molecule is CCC(CCCCCOc1cnc(-c2cc3c(c(F)n2)C(F)(F)C(CCCCCCCCCC2CC2)CC3)nc1)C1CC1. The number of unbranched alkanes of at least 4 members (excludes halogenated alkanes) is 8. The Morgan fingerprint density at radius 1 is 0.860 bits per heavy atom. The number of fused-ring (bicyclic) bond motifs is 1. The first-order valence-electron chi connectivity index (χ1n) is 17.5. The van der Waals surface area contributed by atoms with Crippen LogP contribution in [0.1, 0.15) is 140 Å². The molecule has 3 aliphatic rings. The van der Waals surface area contributed by atoms with Crippen LogP contribution in [-0.2, 0) is 12.3 Å². The molecular weight excluding hydrogens is 547 g/mol. The maximum atomic E-state index is 15.5. The van der Waals surface area contributed by atoms with Gasteiger partial charge in [0, 0.05) is 5.92 Å². The molecule has 0 saturated heterocycles. The van der Waals surface area contributed by atoms with E-state index in [1.807, 2.05) is 0 Å². The Kier molecular flexibility index (Phi) is 11.8. The summed E-state index contributed by atoms with van der Waals surface area (Å²) in [6, 6.07) is 1.55. The predicted molar refractivity (Wildman–Crippen MR) is 166 cm³/mol. The van der Waals surface area contributed by atoms with E-state index >= 15 is 13.2 Å². The van der Waals surface area contributed by atoms with Crippen molar-refractivity contribution in [1.29, 1.82) is 0 Å². The minimum absolute atomic E-state index is 0.190. The number of ether oxygens (including phenoxy) is 1. The summed E-state index contributed by atoms with van der Waals surface area (Å²) in [6.45, 7) is 2.90. The highest BCUT2D eigenvalue weighted by atomic mass is 19.3. The van der Waals surface area contributed by atoms with Crippen molar-refractivity contribution in [2.75, 3.05) is 6.61 Å². The van der Waals surface area contributed by atoms with Crippen molar-refractivity contribution in [3.05, 3.63) is 35.5 Å². The van der Waals surface area contributed by atoms with Crippen LogP contribution >= 0.6 is 0 Å². The molecule has 0 amide bonds. The topological polar surface area (TPSA) is 47.9 Å². The number of pyridine rings is 1. The zero-order valence-electron chi connectivity index (χ0n) is 26.3. The van der Waals surface area contributed by atoms with Gasteiger partial charge >= 0.3 is 0 Å². The van der Waals surface area contributed by atoms with Crippen LogP contribution in [0.3, 0.4) is 0 Å². The van der Waals surface area contributed by atoms with Crippen LogP contribution in [0, 0.1) is 29.6 Å². The van der Waals surface area contributed by atoms with E-state index in [9.17, 15) is 0 Å². The molecule has 3 aliphatic carbocycles. The van der Waals surface area contributed by atoms with Gasteiger partial charge in [-0.1, -0.05) is 96.8 Å². The molecule has 2 heterocycles. The summed E-state index contributed by atoms with van der Waals surface area (Å²) in [7, 11) is 0. The van der Waals surface area contributed by atoms with Gasteiger partial charge in [0.05, 0.1) is 24.6 Å². The second-order valence-electron chi connectivity index (χ2n) is 13.6. The Morgan fingerprint density at radius 2 is 1.53 bits per heavy atom. The zero-order valence-corrected chi connectivity index (χ0v) is 26.3. The largest absolute Gasteiger partial charge is 0.490 e. The lowest BCUT2D eigenvalue weighted by molar-refractivity contribution is -0.0824. The molecule has 2 unspecified atom stereocenters. The lowest BCUT2D eigenvalue weighted by Gasteiger charge is -2.33. The molecule has 238 valence electrons. The fraction of sp³-hybridized carbons (Fsp3) is 0.750. The molecule has 4 nitrogen and oxygen atoms in total. The van der Waals surface area contributed by atoms with Crippen molar-refractivity contribution in [2.45, 2.75) is 141 Å². The van der Waals surface area contributed by atoms with E-state index < -0.39 is 23.4 Å². The minimum Gasteiger partial charge on any atom is -0.490 e. The Balaban J connectivity index is 1.04. The average molecular weight is 600 g/mol. The van der Waals surface area contributed by atoms with Crippen molar-refractivity contribution >= 4 is 0 Å². The van der Waals surface area contributed by atoms with Crippen molar-refractivity contribution in [2.24, 2.45) is 23.7 Å². The third kappa shape index (κ3) is 9.41. The van der Waals surface area contributed by atoms with E-state index in [1.54, 1.807) is 18.5 Å². The molecule has 2 aromatic heterocycles. The summed E-state index contributed by atoms with van der Waals surface area (Å²) in [5, 5.41) is 0. The molecule has 0 spiro atoms. The quantitative estimate of drug-likeness (QED) is 0.112. The normalized spacial score (nSPS) is 20.1. The van der Waals surface area contributed by atoms with Gasteiger partial charge in [-0.05, 0) is 67.9 Å². The fourth-order valence-corrected chi connectivity index (χ4v) is 7.12. The summed E-state index contributed by atoms with van der Waals surface area (Å²) < 4.78 is 51.8. The van der Waals surface area contributed by atoms with Crippen LogP contribution in [0.4, 0.5) is 13.2 Å². The van der Waals surface area contributed by atoms with Gasteiger partial charge in [0.15, 0.2) is 11.6 Å². The Morgan fingerprint density at radius 3 is 2.21 bits per heavy atom. The highest BCUT2D eigenvalue weighted by Crippen LogP contribution is 2.48. The number of aryl methyl sites for hydroxylation is 1. The first-order chi connectivity index (χ1) is 21.0. The molecule has 43 heavy (non-hydrogen) atoms. The van der Waals surface area contributed by atoms with E-state index in [2.05, 4.69) is 21.9 Å². The molecule has 0 aliphatic heterocycles. The van der Waals surface area contributed by atoms with Crippen molar-refractivity contribution in [3.63, 3.8) is 0 Å². The molecule has 5 rings (SSSR count). The summed E-state index contributed by atoms with van der Waals surface area (Å²) in [4.78, 5) is 12.5. The van der Waals surface area contributed by atoms with Crippen LogP contribution < -0.4 is 4.74 Å². The number of hydrogen-bond acceptors (Lipinski definition) is 4. The van der Waals surface area contributed by atoms with E-state index in [-0.39, 0.29) is 11.5 Å². The summed E-state index contributed by atoms with van der Waals surface area (Å²) >= 11 is 0. The number of aromatic nitrogens is 3. The molecular formula is C36H52F3N3O. The first kappa shape index (κ1) is 32.2. The highest BCUT2D eigenvalue weighted by molar-refractivity contribution is 5.53. The minimum atomic E-state index is -3.21. The Bertz CT molecular complexity index is 1130. The number of rotatable bonds is 20. The van der Waals surface area contributed by atoms with Gasteiger partial charge in [-0.15, -0.1) is 0 Å². The summed E-state index contributed by atoms with van der Waals surface area (Å²) in [5.74, 6) is -1.49. The van der Waals surface area contributed by atoms with Gasteiger partial charge in [-0.3, -0.25) is 0 Å². The lowest BCUT2D eigenvalue weighted by atomic mass is 9.78. The van der Waals surface area contributed by atoms with Gasteiger partial charge < -0.3 is 4.74 Å². The fourth-order valence-electron chi connectivity index (χ4n) is 7.12. The molecule has 2 fully saturated rings. The second kappa shape index (κ2) is 15.7. The van der Waals surface area contributed by atoms with Crippen molar-refractivity contribution in [1.82, 2.24) is 15.0 Å². The number of nitrogens with zero attached hydrogens (tertiary/aromatic N) is 3. The maximum Gasteiger partial charge on any atom is 0.280 e. The smallest absolute Gasteiger partial charge is 0.280 e. The zero-order chi connectivity index (χ0) is 30.1. The van der Waals surface area contributed by atoms with Gasteiger partial charge in [-0.25, -0.2) is 23.7 Å². The van der Waals surface area contributed by atoms with Crippen LogP contribution in [0.25, 0.3) is 11.5 Å². The third-order valence-electron chi connectivity index (χ3n) is 10.2. The number of alkyl halides is 2. The molecule has 0 bridgehead atoms. The standard InChI is InChI=1S/C36H52F3N3O/c1-2-27(28-18-19-28)14-10-8-12-22-43-31-24-40-35(41-25-31)32-23-29-20-21-30(36(38,39)33(29)34(37)42-32)15-11-7-5-3-4-6-9-13-26-16-17-26/h23-28,30H,2-22H2,1H3. The molecule has 2 aromatic rings. The number of hydrogen-bond donors (Lipinski definition) is 0. The average Bonchev–Trinajstić information content (AvgIpc) is 3.92. The van der Waals surface area contributed by atoms with Crippen molar-refractivity contribution in [3.8, 4) is 17.3 Å². The molecule has 2 atom stereocenters. The molecule has 7 heteroatoms. The second-order valence-corrected chi connectivity index (χ2v) is 13.6. The van der Waals surface area contributed by atoms with E-state index in [0.717, 1.165) is 49.9 Å². The molecule has 0 N–H and O–H groups in total. The van der Waals surface area contributed by atoms with Gasteiger partial charge in [0.1, 0.15) is 5.69 Å². The molecule has 0 radical (unpaired) electrons. The molecule has 2 saturated carbocycles. The molecule has 0 aromatic carbocycles. The van der Waals surface area contributed by atoms with E-state index in [1.165, 1.54) is 77.0 Å². The van der Waals surface area contributed by atoms with Gasteiger partial charge in [-0.2, -0.15) is 4.39 Å². The maximum absolute atomic E-state index is 15.5. The third-order valence-corrected chi connectivity index (χ3v) is 10.2. The van der Waals surface area contributed by atoms with Gasteiger partial charge in [0.2, 0.25) is 5.95 Å². The van der Waals surface area contributed by atoms with Gasteiger partial charge in [0.25, 0.3) is 5.92 Å². The van der Waals surface area contributed by atoms with Crippen LogP contribution in [0.5, 0.6) is 5.75 Å². The predicted octanol–water partition coefficient (Wildman–Crippen LogP) is 10.6. The first-order valence-corrected chi connectivity index (χ1v) is 17.5. The van der Waals surface area contributed by atoms with Crippen LogP contribution in [-0.4, -0.2) is 21.6 Å². The number of halogens is 3. The summed E-state index contributed by atoms with van der Waals surface area (Å²) in [6.07, 6.45) is 25.3. The lowest BCUT2D eigenvalue weighted by Crippen LogP contribution is -2.33. The monoisotopic (exact) mass is 599 g/mol. The van der Waals surface area contributed by atoms with Crippen molar-refractivity contribution < 1.29 is 17.9 Å². The van der Waals surface area contributed by atoms with Crippen LogP contribution in [0.15, 0.2) is 18.5 Å². The Hall–Kier alpha value is -2.18. The summed E-state index contributed by atoms with van der Waals surface area (Å²) in [5.41, 5.74) is -0.00769. The van der Waals surface area contributed by atoms with E-state index in [4.69, 9.17) is 4.74 Å².